The molecule has 0 aliphatic heterocycles. The summed E-state index contributed by atoms with van der Waals surface area (Å²) < 4.78 is 30.2. The van der Waals surface area contributed by atoms with Crippen molar-refractivity contribution in [1.29, 1.82) is 0 Å². The Morgan fingerprint density at radius 1 is 1.30 bits per heavy atom. The highest BCUT2D eigenvalue weighted by molar-refractivity contribution is 7.89. The number of carbonyl (C=O) groups excluding carboxylic acids is 1. The first kappa shape index (κ1) is 18.6. The van der Waals surface area contributed by atoms with E-state index >= 15 is 0 Å². The van der Waals surface area contributed by atoms with E-state index in [1.165, 1.54) is 26.1 Å². The Labute approximate surface area is 135 Å². The van der Waals surface area contributed by atoms with E-state index in [-0.39, 0.29) is 17.2 Å². The van der Waals surface area contributed by atoms with Gasteiger partial charge < -0.3 is 9.94 Å². The number of rotatable bonds is 6. The second kappa shape index (κ2) is 7.73. The average Bonchev–Trinajstić information content (AvgIpc) is 2.48. The standard InChI is InChI=1S/C14H19N3O5S/c1-5-22-14(18)13(16-19)11(3)15-17(4)23(20,21)12-8-6-10(2)7-9-12/h6-9,19H,5H2,1-4H3/b15-11+,16-13+. The molecule has 0 radical (unpaired) electrons. The van der Waals surface area contributed by atoms with Gasteiger partial charge >= 0.3 is 5.97 Å². The van der Waals surface area contributed by atoms with Gasteiger partial charge in [0.25, 0.3) is 10.0 Å². The molecule has 0 atom stereocenters. The summed E-state index contributed by atoms with van der Waals surface area (Å²) in [5, 5.41) is 15.5. The number of hydrazone groups is 1. The summed E-state index contributed by atoms with van der Waals surface area (Å²) >= 11 is 0. The Hall–Kier alpha value is -2.42. The molecule has 1 rings (SSSR count). The van der Waals surface area contributed by atoms with Gasteiger partial charge in [0, 0.05) is 7.05 Å². The lowest BCUT2D eigenvalue weighted by atomic mass is 10.2. The number of nitrogens with zero attached hydrogens (tertiary/aromatic N) is 3. The molecular weight excluding hydrogens is 322 g/mol. The van der Waals surface area contributed by atoms with Crippen LogP contribution in [-0.4, -0.2) is 49.1 Å². The van der Waals surface area contributed by atoms with Gasteiger partial charge in [0.15, 0.2) is 0 Å². The maximum Gasteiger partial charge on any atom is 0.362 e. The summed E-state index contributed by atoms with van der Waals surface area (Å²) in [6, 6.07) is 6.24. The van der Waals surface area contributed by atoms with Crippen molar-refractivity contribution in [3.05, 3.63) is 29.8 Å². The molecule has 0 aromatic heterocycles. The fourth-order valence-corrected chi connectivity index (χ4v) is 2.65. The number of ether oxygens (including phenoxy) is 1. The van der Waals surface area contributed by atoms with Crippen LogP contribution in [0, 0.1) is 6.92 Å². The Kier molecular flexibility index (Phi) is 6.26. The van der Waals surface area contributed by atoms with Gasteiger partial charge in [0.05, 0.1) is 17.2 Å². The number of sulfonamides is 1. The van der Waals surface area contributed by atoms with Gasteiger partial charge in [-0.25, -0.2) is 4.79 Å². The molecule has 0 bridgehead atoms. The van der Waals surface area contributed by atoms with E-state index in [4.69, 9.17) is 9.94 Å². The quantitative estimate of drug-likeness (QED) is 0.364. The molecule has 9 heteroatoms. The SMILES string of the molecule is CCOC(=O)C(=N/O)/C(C)=N/N(C)S(=O)(=O)c1ccc(C)cc1. The average molecular weight is 341 g/mol. The monoisotopic (exact) mass is 341 g/mol. The molecule has 0 saturated heterocycles. The van der Waals surface area contributed by atoms with Crippen LogP contribution in [-0.2, 0) is 19.6 Å². The maximum absolute atomic E-state index is 12.4. The third-order valence-electron chi connectivity index (χ3n) is 2.87. The van der Waals surface area contributed by atoms with Crippen LogP contribution in [0.15, 0.2) is 39.4 Å². The minimum atomic E-state index is -3.87. The molecule has 0 fully saturated rings. The van der Waals surface area contributed by atoms with Gasteiger partial charge in [-0.2, -0.15) is 17.9 Å². The zero-order chi connectivity index (χ0) is 17.6. The highest BCUT2D eigenvalue weighted by atomic mass is 32.2. The van der Waals surface area contributed by atoms with Gasteiger partial charge in [-0.05, 0) is 32.9 Å². The van der Waals surface area contributed by atoms with Gasteiger partial charge in [-0.15, -0.1) is 0 Å². The number of esters is 1. The first-order chi connectivity index (χ1) is 10.7. The van der Waals surface area contributed by atoms with Crippen LogP contribution in [0.5, 0.6) is 0 Å². The maximum atomic E-state index is 12.4. The van der Waals surface area contributed by atoms with Crippen LogP contribution in [0.4, 0.5) is 0 Å². The third-order valence-corrected chi connectivity index (χ3v) is 4.51. The summed E-state index contributed by atoms with van der Waals surface area (Å²) in [4.78, 5) is 11.6. The molecule has 0 aliphatic carbocycles. The summed E-state index contributed by atoms with van der Waals surface area (Å²) in [7, 11) is -2.65. The summed E-state index contributed by atoms with van der Waals surface area (Å²) in [6.07, 6.45) is 0. The molecule has 0 spiro atoms. The first-order valence-electron chi connectivity index (χ1n) is 6.74. The summed E-state index contributed by atoms with van der Waals surface area (Å²) in [5.41, 5.74) is 0.366. The van der Waals surface area contributed by atoms with Crippen molar-refractivity contribution in [3.8, 4) is 0 Å². The predicted molar refractivity (Wildman–Crippen MR) is 85.1 cm³/mol. The largest absolute Gasteiger partial charge is 0.461 e. The lowest BCUT2D eigenvalue weighted by Gasteiger charge is -2.15. The van der Waals surface area contributed by atoms with Crippen molar-refractivity contribution in [3.63, 3.8) is 0 Å². The van der Waals surface area contributed by atoms with Crippen LogP contribution < -0.4 is 0 Å². The Bertz CT molecular complexity index is 723. The van der Waals surface area contributed by atoms with Crippen molar-refractivity contribution in [2.24, 2.45) is 10.3 Å². The van der Waals surface area contributed by atoms with Crippen LogP contribution in [0.1, 0.15) is 19.4 Å². The second-order valence-corrected chi connectivity index (χ2v) is 6.56. The molecule has 0 unspecified atom stereocenters. The number of carbonyl (C=O) groups is 1. The minimum absolute atomic E-state index is 0.0563. The molecule has 0 saturated carbocycles. The third kappa shape index (κ3) is 4.52. The van der Waals surface area contributed by atoms with E-state index in [1.807, 2.05) is 6.92 Å². The first-order valence-corrected chi connectivity index (χ1v) is 8.18. The van der Waals surface area contributed by atoms with E-state index in [0.717, 1.165) is 5.56 Å². The Morgan fingerprint density at radius 3 is 2.35 bits per heavy atom. The molecule has 1 aromatic carbocycles. The molecule has 8 nitrogen and oxygen atoms in total. The number of benzene rings is 1. The predicted octanol–water partition coefficient (Wildman–Crippen LogP) is 1.38. The number of aryl methyl sites for hydroxylation is 1. The van der Waals surface area contributed by atoms with Crippen molar-refractivity contribution in [2.45, 2.75) is 25.7 Å². The van der Waals surface area contributed by atoms with Crippen LogP contribution in [0.3, 0.4) is 0 Å². The van der Waals surface area contributed by atoms with E-state index < -0.39 is 21.7 Å². The van der Waals surface area contributed by atoms with Crippen LogP contribution in [0.25, 0.3) is 0 Å². The number of oxime groups is 1. The molecule has 23 heavy (non-hydrogen) atoms. The lowest BCUT2D eigenvalue weighted by molar-refractivity contribution is -0.134. The second-order valence-electron chi connectivity index (χ2n) is 4.61. The van der Waals surface area contributed by atoms with Crippen molar-refractivity contribution < 1.29 is 23.2 Å². The molecular formula is C14H19N3O5S. The highest BCUT2D eigenvalue weighted by Gasteiger charge is 2.22. The van der Waals surface area contributed by atoms with E-state index in [2.05, 4.69) is 10.3 Å². The number of hydrogen-bond donors (Lipinski definition) is 1. The van der Waals surface area contributed by atoms with Crippen molar-refractivity contribution in [1.82, 2.24) is 4.41 Å². The zero-order valence-corrected chi connectivity index (χ0v) is 14.2. The number of hydrogen-bond acceptors (Lipinski definition) is 7. The highest BCUT2D eigenvalue weighted by Crippen LogP contribution is 2.15. The summed E-state index contributed by atoms with van der Waals surface area (Å²) in [6.45, 7) is 4.86. The van der Waals surface area contributed by atoms with Crippen molar-refractivity contribution in [2.75, 3.05) is 13.7 Å². The van der Waals surface area contributed by atoms with E-state index in [1.54, 1.807) is 19.1 Å². The van der Waals surface area contributed by atoms with E-state index in [9.17, 15) is 13.2 Å². The van der Waals surface area contributed by atoms with Crippen LogP contribution >= 0.6 is 0 Å². The molecule has 1 aromatic rings. The Morgan fingerprint density at radius 2 is 1.87 bits per heavy atom. The van der Waals surface area contributed by atoms with Gasteiger partial charge in [0.2, 0.25) is 5.71 Å². The smallest absolute Gasteiger partial charge is 0.362 e. The zero-order valence-electron chi connectivity index (χ0n) is 13.3. The lowest BCUT2D eigenvalue weighted by Crippen LogP contribution is -2.29. The van der Waals surface area contributed by atoms with E-state index in [0.29, 0.717) is 4.41 Å². The molecule has 1 N–H and O–H groups in total. The molecule has 126 valence electrons. The summed E-state index contributed by atoms with van der Waals surface area (Å²) in [5.74, 6) is -0.891. The molecule has 0 amide bonds. The van der Waals surface area contributed by atoms with Crippen LogP contribution in [0.2, 0.25) is 0 Å². The van der Waals surface area contributed by atoms with Gasteiger partial charge in [-0.1, -0.05) is 22.9 Å². The van der Waals surface area contributed by atoms with Gasteiger partial charge in [-0.3, -0.25) is 0 Å². The Balaban J connectivity index is 3.10. The topological polar surface area (TPSA) is 109 Å². The fourth-order valence-electron chi connectivity index (χ4n) is 1.64. The van der Waals surface area contributed by atoms with Crippen molar-refractivity contribution >= 4 is 27.4 Å². The van der Waals surface area contributed by atoms with Gasteiger partial charge in [0.1, 0.15) is 0 Å². The minimum Gasteiger partial charge on any atom is -0.461 e. The molecule has 0 heterocycles. The fraction of sp³-hybridized carbons (Fsp3) is 0.357. The normalized spacial score (nSPS) is 12.9. The molecule has 0 aliphatic rings.